The van der Waals surface area contributed by atoms with Crippen molar-refractivity contribution in [2.45, 2.75) is 20.5 Å². The molecule has 0 radical (unpaired) electrons. The van der Waals surface area contributed by atoms with Gasteiger partial charge in [-0.3, -0.25) is 10.1 Å². The van der Waals surface area contributed by atoms with Crippen LogP contribution in [0.1, 0.15) is 22.3 Å². The van der Waals surface area contributed by atoms with E-state index in [1.165, 1.54) is 28.5 Å². The number of carbonyl (C=O) groups is 1. The Bertz CT molecular complexity index is 1290. The fourth-order valence-electron chi connectivity index (χ4n) is 3.24. The van der Waals surface area contributed by atoms with Gasteiger partial charge in [0.2, 0.25) is 5.91 Å². The Balaban J connectivity index is 1.41. The number of rotatable bonds is 7. The minimum atomic E-state index is -0.236. The van der Waals surface area contributed by atoms with Crippen LogP contribution in [0.2, 0.25) is 0 Å². The number of aromatic nitrogens is 1. The number of fused-ring (bicyclic) bond motifs is 1. The number of aryl methyl sites for hydroxylation is 2. The first kappa shape index (κ1) is 21.6. The molecule has 0 aliphatic rings. The van der Waals surface area contributed by atoms with E-state index in [-0.39, 0.29) is 5.91 Å². The average molecular weight is 445 g/mol. The Morgan fingerprint density at radius 1 is 1.06 bits per heavy atom. The smallest absolute Gasteiger partial charge is 0.250 e. The van der Waals surface area contributed by atoms with E-state index in [1.807, 2.05) is 55.5 Å². The molecule has 3 aromatic carbocycles. The van der Waals surface area contributed by atoms with Crippen molar-refractivity contribution in [3.05, 3.63) is 89.0 Å². The Kier molecular flexibility index (Phi) is 6.52. The van der Waals surface area contributed by atoms with E-state index < -0.39 is 0 Å². The van der Waals surface area contributed by atoms with Crippen LogP contribution in [-0.4, -0.2) is 18.0 Å². The Hall–Kier alpha value is -3.64. The molecule has 32 heavy (non-hydrogen) atoms. The number of methoxy groups -OCH3 is 1. The zero-order valence-corrected chi connectivity index (χ0v) is 19.0. The van der Waals surface area contributed by atoms with Crippen molar-refractivity contribution in [2.24, 2.45) is 0 Å². The van der Waals surface area contributed by atoms with Crippen LogP contribution in [0.15, 0.2) is 66.7 Å². The number of ether oxygens (including phenoxy) is 2. The zero-order valence-electron chi connectivity index (χ0n) is 18.2. The van der Waals surface area contributed by atoms with Gasteiger partial charge in [-0.15, -0.1) is 0 Å². The third-order valence-corrected chi connectivity index (χ3v) is 5.97. The summed E-state index contributed by atoms with van der Waals surface area (Å²) in [5.41, 5.74) is 5.19. The largest absolute Gasteiger partial charge is 0.493 e. The van der Waals surface area contributed by atoms with Gasteiger partial charge >= 0.3 is 0 Å². The summed E-state index contributed by atoms with van der Waals surface area (Å²) < 4.78 is 12.5. The first-order valence-electron chi connectivity index (χ1n) is 10.2. The molecule has 0 aliphatic carbocycles. The molecule has 0 bridgehead atoms. The summed E-state index contributed by atoms with van der Waals surface area (Å²) in [6.07, 6.45) is 3.22. The molecule has 162 valence electrons. The van der Waals surface area contributed by atoms with Gasteiger partial charge in [0.25, 0.3) is 0 Å². The van der Waals surface area contributed by atoms with E-state index in [1.54, 1.807) is 13.2 Å². The van der Waals surface area contributed by atoms with E-state index in [4.69, 9.17) is 9.47 Å². The van der Waals surface area contributed by atoms with Crippen molar-refractivity contribution in [2.75, 3.05) is 12.4 Å². The summed E-state index contributed by atoms with van der Waals surface area (Å²) in [5, 5.41) is 3.41. The maximum absolute atomic E-state index is 12.4. The van der Waals surface area contributed by atoms with Gasteiger partial charge in [0.1, 0.15) is 6.61 Å². The fourth-order valence-corrected chi connectivity index (χ4v) is 4.21. The second kappa shape index (κ2) is 9.66. The van der Waals surface area contributed by atoms with Gasteiger partial charge in [0.15, 0.2) is 16.6 Å². The van der Waals surface area contributed by atoms with Gasteiger partial charge in [-0.25, -0.2) is 4.98 Å². The predicted octanol–water partition coefficient (Wildman–Crippen LogP) is 6.15. The minimum absolute atomic E-state index is 0.236. The highest BCUT2D eigenvalue weighted by molar-refractivity contribution is 7.22. The number of hydrogen-bond donors (Lipinski definition) is 1. The number of hydrogen-bond acceptors (Lipinski definition) is 5. The molecule has 0 fully saturated rings. The van der Waals surface area contributed by atoms with Gasteiger partial charge in [-0.1, -0.05) is 47.7 Å². The Morgan fingerprint density at radius 3 is 2.72 bits per heavy atom. The summed E-state index contributed by atoms with van der Waals surface area (Å²) in [6, 6.07) is 19.7. The van der Waals surface area contributed by atoms with E-state index in [0.29, 0.717) is 23.2 Å². The minimum Gasteiger partial charge on any atom is -0.493 e. The predicted molar refractivity (Wildman–Crippen MR) is 131 cm³/mol. The summed E-state index contributed by atoms with van der Waals surface area (Å²) in [7, 11) is 1.60. The highest BCUT2D eigenvalue weighted by Gasteiger charge is 2.08. The van der Waals surface area contributed by atoms with E-state index in [9.17, 15) is 4.79 Å². The highest BCUT2D eigenvalue weighted by atomic mass is 32.1. The van der Waals surface area contributed by atoms with Crippen molar-refractivity contribution in [3.8, 4) is 11.5 Å². The SMILES string of the molecule is COc1cc(/C=C/C(=O)Nc2nc3ccc(C)cc3s2)ccc1OCc1ccccc1C. The number of thiazole rings is 1. The number of carbonyl (C=O) groups excluding carboxylic acids is 1. The lowest BCUT2D eigenvalue weighted by Crippen LogP contribution is -2.07. The molecule has 0 atom stereocenters. The van der Waals surface area contributed by atoms with Gasteiger partial charge in [0, 0.05) is 6.08 Å². The van der Waals surface area contributed by atoms with Crippen molar-refractivity contribution < 1.29 is 14.3 Å². The lowest BCUT2D eigenvalue weighted by molar-refractivity contribution is -0.111. The first-order valence-corrected chi connectivity index (χ1v) is 11.0. The van der Waals surface area contributed by atoms with Crippen LogP contribution in [0.5, 0.6) is 11.5 Å². The molecule has 0 aliphatic heterocycles. The normalized spacial score (nSPS) is 11.1. The average Bonchev–Trinajstić information content (AvgIpc) is 3.18. The maximum atomic E-state index is 12.4. The van der Waals surface area contributed by atoms with Gasteiger partial charge in [-0.05, 0) is 66.4 Å². The molecule has 1 aromatic heterocycles. The lowest BCUT2D eigenvalue weighted by Gasteiger charge is -2.12. The van der Waals surface area contributed by atoms with Crippen LogP contribution in [0.25, 0.3) is 16.3 Å². The summed E-state index contributed by atoms with van der Waals surface area (Å²) >= 11 is 1.46. The van der Waals surface area contributed by atoms with Crippen molar-refractivity contribution in [3.63, 3.8) is 0 Å². The summed E-state index contributed by atoms with van der Waals surface area (Å²) in [5.74, 6) is 1.03. The Labute approximate surface area is 191 Å². The van der Waals surface area contributed by atoms with Crippen LogP contribution < -0.4 is 14.8 Å². The number of nitrogens with zero attached hydrogens (tertiary/aromatic N) is 1. The molecular formula is C26H24N2O3S. The maximum Gasteiger partial charge on any atom is 0.250 e. The quantitative estimate of drug-likeness (QED) is 0.347. The molecule has 1 N–H and O–H groups in total. The first-order chi connectivity index (χ1) is 15.5. The molecule has 0 spiro atoms. The second-order valence-electron chi connectivity index (χ2n) is 7.44. The van der Waals surface area contributed by atoms with Crippen molar-refractivity contribution >= 4 is 38.7 Å². The van der Waals surface area contributed by atoms with E-state index in [2.05, 4.69) is 29.4 Å². The van der Waals surface area contributed by atoms with Crippen LogP contribution in [0.3, 0.4) is 0 Å². The standard InChI is InChI=1S/C26H24N2O3S/c1-17-8-11-21-24(14-17)32-26(27-21)28-25(29)13-10-19-9-12-22(23(15-19)30-3)31-16-20-7-5-4-6-18(20)2/h4-15H,16H2,1-3H3,(H,27,28,29)/b13-10+. The third-order valence-electron chi connectivity index (χ3n) is 5.03. The number of nitrogens with one attached hydrogen (secondary N) is 1. The van der Waals surface area contributed by atoms with Crippen LogP contribution in [0.4, 0.5) is 5.13 Å². The molecule has 4 rings (SSSR count). The molecule has 1 amide bonds. The molecule has 4 aromatic rings. The van der Waals surface area contributed by atoms with Crippen LogP contribution in [0, 0.1) is 13.8 Å². The molecule has 0 saturated carbocycles. The highest BCUT2D eigenvalue weighted by Crippen LogP contribution is 2.30. The van der Waals surface area contributed by atoms with Gasteiger partial charge in [-0.2, -0.15) is 0 Å². The number of amides is 1. The fraction of sp³-hybridized carbons (Fsp3) is 0.154. The molecule has 0 saturated heterocycles. The summed E-state index contributed by atoms with van der Waals surface area (Å²) in [6.45, 7) is 4.56. The van der Waals surface area contributed by atoms with Crippen LogP contribution in [-0.2, 0) is 11.4 Å². The van der Waals surface area contributed by atoms with E-state index >= 15 is 0 Å². The Morgan fingerprint density at radius 2 is 1.91 bits per heavy atom. The second-order valence-corrected chi connectivity index (χ2v) is 8.47. The molecule has 0 unspecified atom stereocenters. The molecule has 6 heteroatoms. The molecule has 1 heterocycles. The monoisotopic (exact) mass is 444 g/mol. The molecular weight excluding hydrogens is 420 g/mol. The van der Waals surface area contributed by atoms with Crippen molar-refractivity contribution in [1.82, 2.24) is 4.98 Å². The third kappa shape index (κ3) is 5.15. The zero-order chi connectivity index (χ0) is 22.5. The van der Waals surface area contributed by atoms with Gasteiger partial charge in [0.05, 0.1) is 17.3 Å². The van der Waals surface area contributed by atoms with E-state index in [0.717, 1.165) is 21.3 Å². The molecule has 5 nitrogen and oxygen atoms in total. The van der Waals surface area contributed by atoms with Crippen molar-refractivity contribution in [1.29, 1.82) is 0 Å². The number of benzene rings is 3. The van der Waals surface area contributed by atoms with Crippen LogP contribution >= 0.6 is 11.3 Å². The lowest BCUT2D eigenvalue weighted by atomic mass is 10.1. The van der Waals surface area contributed by atoms with Gasteiger partial charge < -0.3 is 9.47 Å². The topological polar surface area (TPSA) is 60.5 Å². The summed E-state index contributed by atoms with van der Waals surface area (Å²) in [4.78, 5) is 16.8. The number of anilines is 1.